The minimum absolute atomic E-state index is 0.184. The Morgan fingerprint density at radius 3 is 2.45 bits per heavy atom. The lowest BCUT2D eigenvalue weighted by molar-refractivity contribution is 0.398. The second-order valence-corrected chi connectivity index (χ2v) is 6.47. The molecule has 0 spiro atoms. The predicted molar refractivity (Wildman–Crippen MR) is 84.3 cm³/mol. The molecule has 0 amide bonds. The van der Waals surface area contributed by atoms with Crippen molar-refractivity contribution in [2.45, 2.75) is 52.0 Å². The second kappa shape index (κ2) is 5.08. The quantitative estimate of drug-likeness (QED) is 0.787. The van der Waals surface area contributed by atoms with Gasteiger partial charge in [-0.2, -0.15) is 0 Å². The van der Waals surface area contributed by atoms with E-state index in [9.17, 15) is 4.79 Å². The highest BCUT2D eigenvalue weighted by molar-refractivity contribution is 5.85. The van der Waals surface area contributed by atoms with Gasteiger partial charge in [0.15, 0.2) is 0 Å². The van der Waals surface area contributed by atoms with E-state index in [1.807, 2.05) is 22.8 Å². The number of nitrogens with zero attached hydrogens (tertiary/aromatic N) is 1. The largest absolute Gasteiger partial charge is 0.311 e. The Balaban J connectivity index is 2.28. The molecule has 3 rings (SSSR count). The van der Waals surface area contributed by atoms with Crippen molar-refractivity contribution in [1.29, 1.82) is 0 Å². The molecule has 1 aliphatic carbocycles. The number of pyridine rings is 1. The molecule has 0 radical (unpaired) electrons. The SMILES string of the molecule is CC(C)c1cn([C@H]2CCC[C@H]2C)c(=O)c2ccccc12. The summed E-state index contributed by atoms with van der Waals surface area (Å²) in [5, 5.41) is 1.99. The molecule has 0 bridgehead atoms. The Morgan fingerprint density at radius 1 is 1.15 bits per heavy atom. The van der Waals surface area contributed by atoms with E-state index in [1.165, 1.54) is 18.4 Å². The van der Waals surface area contributed by atoms with Gasteiger partial charge in [-0.25, -0.2) is 0 Å². The van der Waals surface area contributed by atoms with Crippen LogP contribution in [0.3, 0.4) is 0 Å². The maximum Gasteiger partial charge on any atom is 0.258 e. The van der Waals surface area contributed by atoms with Gasteiger partial charge in [-0.15, -0.1) is 0 Å². The first-order valence-electron chi connectivity index (χ1n) is 7.73. The lowest BCUT2D eigenvalue weighted by Crippen LogP contribution is -2.27. The number of fused-ring (bicyclic) bond motifs is 1. The molecular weight excluding hydrogens is 246 g/mol. The molecule has 2 heteroatoms. The van der Waals surface area contributed by atoms with Crippen molar-refractivity contribution in [1.82, 2.24) is 4.57 Å². The summed E-state index contributed by atoms with van der Waals surface area (Å²) in [6.07, 6.45) is 5.74. The van der Waals surface area contributed by atoms with Crippen LogP contribution in [-0.4, -0.2) is 4.57 Å². The molecule has 106 valence electrons. The molecule has 0 saturated heterocycles. The van der Waals surface area contributed by atoms with Gasteiger partial charge in [-0.05, 0) is 41.7 Å². The zero-order valence-electron chi connectivity index (χ0n) is 12.6. The molecule has 20 heavy (non-hydrogen) atoms. The van der Waals surface area contributed by atoms with E-state index in [0.717, 1.165) is 17.2 Å². The van der Waals surface area contributed by atoms with Crippen LogP contribution in [0.25, 0.3) is 10.8 Å². The van der Waals surface area contributed by atoms with Crippen LogP contribution < -0.4 is 5.56 Å². The number of aromatic nitrogens is 1. The minimum atomic E-state index is 0.184. The lowest BCUT2D eigenvalue weighted by atomic mass is 9.97. The van der Waals surface area contributed by atoms with Gasteiger partial charge in [0.25, 0.3) is 5.56 Å². The first-order valence-corrected chi connectivity index (χ1v) is 7.73. The summed E-state index contributed by atoms with van der Waals surface area (Å²) in [5.74, 6) is 1.04. The Morgan fingerprint density at radius 2 is 1.85 bits per heavy atom. The molecule has 0 unspecified atom stereocenters. The Bertz CT molecular complexity index is 683. The molecule has 2 atom stereocenters. The maximum absolute atomic E-state index is 12.8. The summed E-state index contributed by atoms with van der Waals surface area (Å²) in [7, 11) is 0. The highest BCUT2D eigenvalue weighted by Gasteiger charge is 2.26. The maximum atomic E-state index is 12.8. The Kier molecular flexibility index (Phi) is 3.41. The highest BCUT2D eigenvalue weighted by atomic mass is 16.1. The molecule has 2 nitrogen and oxygen atoms in total. The third-order valence-corrected chi connectivity index (χ3v) is 4.78. The molecule has 1 aromatic heterocycles. The first-order chi connectivity index (χ1) is 9.59. The van der Waals surface area contributed by atoms with Crippen LogP contribution in [0.5, 0.6) is 0 Å². The summed E-state index contributed by atoms with van der Waals surface area (Å²) in [6.45, 7) is 6.68. The highest BCUT2D eigenvalue weighted by Crippen LogP contribution is 2.35. The first kappa shape index (κ1) is 13.4. The van der Waals surface area contributed by atoms with E-state index in [4.69, 9.17) is 0 Å². The van der Waals surface area contributed by atoms with Crippen molar-refractivity contribution in [3.8, 4) is 0 Å². The average molecular weight is 269 g/mol. The van der Waals surface area contributed by atoms with Crippen molar-refractivity contribution < 1.29 is 0 Å². The molecule has 1 saturated carbocycles. The van der Waals surface area contributed by atoms with Crippen molar-refractivity contribution in [3.63, 3.8) is 0 Å². The third-order valence-electron chi connectivity index (χ3n) is 4.78. The zero-order chi connectivity index (χ0) is 14.3. The number of hydrogen-bond acceptors (Lipinski definition) is 1. The fourth-order valence-corrected chi connectivity index (χ4v) is 3.58. The van der Waals surface area contributed by atoms with E-state index in [1.54, 1.807) is 0 Å². The van der Waals surface area contributed by atoms with Crippen molar-refractivity contribution in [3.05, 3.63) is 46.4 Å². The zero-order valence-corrected chi connectivity index (χ0v) is 12.6. The van der Waals surface area contributed by atoms with Crippen molar-refractivity contribution in [2.24, 2.45) is 5.92 Å². The van der Waals surface area contributed by atoms with Gasteiger partial charge >= 0.3 is 0 Å². The molecule has 1 fully saturated rings. The fourth-order valence-electron chi connectivity index (χ4n) is 3.58. The predicted octanol–water partition coefficient (Wildman–Crippen LogP) is 4.49. The van der Waals surface area contributed by atoms with Gasteiger partial charge in [0.2, 0.25) is 0 Å². The van der Waals surface area contributed by atoms with Gasteiger partial charge in [-0.3, -0.25) is 4.79 Å². The molecular formula is C18H23NO. The summed E-state index contributed by atoms with van der Waals surface area (Å²) in [4.78, 5) is 12.8. The number of hydrogen-bond donors (Lipinski definition) is 0. The smallest absolute Gasteiger partial charge is 0.258 e. The second-order valence-electron chi connectivity index (χ2n) is 6.47. The monoisotopic (exact) mass is 269 g/mol. The van der Waals surface area contributed by atoms with Crippen molar-refractivity contribution >= 4 is 10.8 Å². The van der Waals surface area contributed by atoms with E-state index in [0.29, 0.717) is 17.9 Å². The molecule has 1 aromatic carbocycles. The summed E-state index contributed by atoms with van der Waals surface area (Å²) in [5.41, 5.74) is 1.48. The van der Waals surface area contributed by atoms with Gasteiger partial charge in [0, 0.05) is 17.6 Å². The van der Waals surface area contributed by atoms with Gasteiger partial charge in [-0.1, -0.05) is 45.4 Å². The molecule has 0 aliphatic heterocycles. The van der Waals surface area contributed by atoms with Crippen LogP contribution in [0.15, 0.2) is 35.3 Å². The van der Waals surface area contributed by atoms with Gasteiger partial charge < -0.3 is 4.57 Å². The topological polar surface area (TPSA) is 22.0 Å². The van der Waals surface area contributed by atoms with Crippen LogP contribution >= 0.6 is 0 Å². The molecule has 1 aliphatic rings. The minimum Gasteiger partial charge on any atom is -0.311 e. The number of rotatable bonds is 2. The molecule has 1 heterocycles. The average Bonchev–Trinajstić information content (AvgIpc) is 2.85. The summed E-state index contributed by atoms with van der Waals surface area (Å²) >= 11 is 0. The van der Waals surface area contributed by atoms with E-state index >= 15 is 0 Å². The van der Waals surface area contributed by atoms with E-state index in [-0.39, 0.29) is 5.56 Å². The molecule has 0 N–H and O–H groups in total. The fraction of sp³-hybridized carbons (Fsp3) is 0.500. The standard InChI is InChI=1S/C18H23NO/c1-12(2)16-11-19(17-10-6-7-13(17)3)18(20)15-9-5-4-8-14(15)16/h4-5,8-9,11-13,17H,6-7,10H2,1-3H3/t13-,17+/m1/s1. The molecule has 2 aromatic rings. The van der Waals surface area contributed by atoms with E-state index < -0.39 is 0 Å². The third kappa shape index (κ3) is 2.07. The Hall–Kier alpha value is -1.57. The van der Waals surface area contributed by atoms with Crippen LogP contribution in [0.1, 0.15) is 57.6 Å². The lowest BCUT2D eigenvalue weighted by Gasteiger charge is -2.22. The van der Waals surface area contributed by atoms with Gasteiger partial charge in [0.05, 0.1) is 0 Å². The van der Waals surface area contributed by atoms with Crippen LogP contribution in [0.2, 0.25) is 0 Å². The van der Waals surface area contributed by atoms with Crippen LogP contribution in [0.4, 0.5) is 0 Å². The van der Waals surface area contributed by atoms with Crippen LogP contribution in [-0.2, 0) is 0 Å². The summed E-state index contributed by atoms with van der Waals surface area (Å²) < 4.78 is 2.02. The van der Waals surface area contributed by atoms with E-state index in [2.05, 4.69) is 33.0 Å². The van der Waals surface area contributed by atoms with Crippen LogP contribution in [0, 0.1) is 5.92 Å². The van der Waals surface area contributed by atoms with Crippen molar-refractivity contribution in [2.75, 3.05) is 0 Å². The normalized spacial score (nSPS) is 22.8. The summed E-state index contributed by atoms with van der Waals surface area (Å²) in [6, 6.07) is 8.42. The Labute approximate surface area is 120 Å². The number of benzene rings is 1. The van der Waals surface area contributed by atoms with Gasteiger partial charge in [0.1, 0.15) is 0 Å².